The van der Waals surface area contributed by atoms with Gasteiger partial charge >= 0.3 is 5.97 Å². The number of hydrogen-bond donors (Lipinski definition) is 1. The van der Waals surface area contributed by atoms with Crippen molar-refractivity contribution < 1.29 is 14.3 Å². The SMILES string of the molecule is CCC(NCc1cccc(OC)c1)C(=O)OC. The smallest absolute Gasteiger partial charge is 0.322 e. The number of benzene rings is 1. The fraction of sp³-hybridized carbons (Fsp3) is 0.462. The Kier molecular flexibility index (Phi) is 5.49. The number of nitrogens with one attached hydrogen (secondary N) is 1. The first-order chi connectivity index (χ1) is 8.21. The third-order valence-corrected chi connectivity index (χ3v) is 2.58. The number of ether oxygens (including phenoxy) is 2. The zero-order valence-electron chi connectivity index (χ0n) is 10.5. The van der Waals surface area contributed by atoms with E-state index in [1.165, 1.54) is 7.11 Å². The molecule has 1 aromatic carbocycles. The van der Waals surface area contributed by atoms with Crippen molar-refractivity contribution >= 4 is 5.97 Å². The van der Waals surface area contributed by atoms with Crippen molar-refractivity contribution in [2.45, 2.75) is 25.9 Å². The number of carbonyl (C=O) groups is 1. The van der Waals surface area contributed by atoms with Crippen LogP contribution in [0.1, 0.15) is 18.9 Å². The second-order valence-corrected chi connectivity index (χ2v) is 3.72. The lowest BCUT2D eigenvalue weighted by Crippen LogP contribution is -2.36. The Morgan fingerprint density at radius 2 is 2.18 bits per heavy atom. The Morgan fingerprint density at radius 1 is 1.41 bits per heavy atom. The average Bonchev–Trinajstić information content (AvgIpc) is 2.39. The highest BCUT2D eigenvalue weighted by Gasteiger charge is 2.15. The molecule has 0 fully saturated rings. The summed E-state index contributed by atoms with van der Waals surface area (Å²) < 4.78 is 9.85. The second kappa shape index (κ2) is 6.91. The van der Waals surface area contributed by atoms with E-state index in [1.54, 1.807) is 7.11 Å². The lowest BCUT2D eigenvalue weighted by molar-refractivity contribution is -0.143. The molecule has 4 nitrogen and oxygen atoms in total. The van der Waals surface area contributed by atoms with Gasteiger partial charge in [0, 0.05) is 6.54 Å². The number of methoxy groups -OCH3 is 2. The Morgan fingerprint density at radius 3 is 2.76 bits per heavy atom. The molecule has 1 aromatic rings. The predicted molar refractivity (Wildman–Crippen MR) is 65.9 cm³/mol. The van der Waals surface area contributed by atoms with Crippen molar-refractivity contribution in [1.29, 1.82) is 0 Å². The molecule has 0 aliphatic heterocycles. The van der Waals surface area contributed by atoms with Crippen molar-refractivity contribution in [1.82, 2.24) is 5.32 Å². The molecular weight excluding hydrogens is 218 g/mol. The predicted octanol–water partition coefficient (Wildman–Crippen LogP) is 1.74. The van der Waals surface area contributed by atoms with E-state index in [0.29, 0.717) is 13.0 Å². The standard InChI is InChI=1S/C13H19NO3/c1-4-12(13(15)17-3)14-9-10-6-5-7-11(8-10)16-2/h5-8,12,14H,4,9H2,1-3H3. The molecule has 1 atom stereocenters. The Bertz CT molecular complexity index is 365. The van der Waals surface area contributed by atoms with Gasteiger partial charge in [0.1, 0.15) is 11.8 Å². The molecule has 94 valence electrons. The van der Waals surface area contributed by atoms with Crippen LogP contribution in [0.2, 0.25) is 0 Å². The first-order valence-corrected chi connectivity index (χ1v) is 5.65. The minimum absolute atomic E-state index is 0.226. The normalized spacial score (nSPS) is 11.9. The summed E-state index contributed by atoms with van der Waals surface area (Å²) in [5, 5.41) is 3.16. The summed E-state index contributed by atoms with van der Waals surface area (Å²) in [7, 11) is 3.04. The van der Waals surface area contributed by atoms with E-state index in [-0.39, 0.29) is 12.0 Å². The van der Waals surface area contributed by atoms with Crippen LogP contribution in [0.5, 0.6) is 5.75 Å². The van der Waals surface area contributed by atoms with Crippen molar-refractivity contribution in [3.63, 3.8) is 0 Å². The van der Waals surface area contributed by atoms with Crippen LogP contribution in [0.25, 0.3) is 0 Å². The molecule has 0 heterocycles. The van der Waals surface area contributed by atoms with Crippen LogP contribution in [0.4, 0.5) is 0 Å². The molecule has 0 aliphatic carbocycles. The van der Waals surface area contributed by atoms with E-state index in [1.807, 2.05) is 31.2 Å². The summed E-state index contributed by atoms with van der Waals surface area (Å²) in [4.78, 5) is 11.4. The maximum absolute atomic E-state index is 11.4. The van der Waals surface area contributed by atoms with Gasteiger partial charge in [-0.05, 0) is 24.1 Å². The van der Waals surface area contributed by atoms with Crippen LogP contribution in [0.3, 0.4) is 0 Å². The number of carbonyl (C=O) groups excluding carboxylic acids is 1. The molecule has 1 unspecified atom stereocenters. The van der Waals surface area contributed by atoms with Gasteiger partial charge in [0.15, 0.2) is 0 Å². The molecule has 0 bridgehead atoms. The zero-order valence-corrected chi connectivity index (χ0v) is 10.5. The summed E-state index contributed by atoms with van der Waals surface area (Å²) in [6, 6.07) is 7.48. The second-order valence-electron chi connectivity index (χ2n) is 3.72. The molecule has 17 heavy (non-hydrogen) atoms. The summed E-state index contributed by atoms with van der Waals surface area (Å²) in [5.74, 6) is 0.589. The monoisotopic (exact) mass is 237 g/mol. The molecular formula is C13H19NO3. The molecule has 4 heteroatoms. The molecule has 0 saturated heterocycles. The van der Waals surface area contributed by atoms with Gasteiger partial charge < -0.3 is 14.8 Å². The van der Waals surface area contributed by atoms with Crippen molar-refractivity contribution in [2.75, 3.05) is 14.2 Å². The Hall–Kier alpha value is -1.55. The van der Waals surface area contributed by atoms with E-state index in [2.05, 4.69) is 5.32 Å². The number of esters is 1. The minimum atomic E-state index is -0.258. The van der Waals surface area contributed by atoms with E-state index in [4.69, 9.17) is 9.47 Å². The van der Waals surface area contributed by atoms with Gasteiger partial charge in [0.05, 0.1) is 14.2 Å². The van der Waals surface area contributed by atoms with Crippen LogP contribution >= 0.6 is 0 Å². The van der Waals surface area contributed by atoms with Crippen molar-refractivity contribution in [2.24, 2.45) is 0 Å². The first kappa shape index (κ1) is 13.5. The van der Waals surface area contributed by atoms with Gasteiger partial charge in [-0.15, -0.1) is 0 Å². The Balaban J connectivity index is 2.56. The van der Waals surface area contributed by atoms with E-state index < -0.39 is 0 Å². The topological polar surface area (TPSA) is 47.6 Å². The molecule has 0 saturated carbocycles. The first-order valence-electron chi connectivity index (χ1n) is 5.65. The molecule has 0 radical (unpaired) electrons. The molecule has 1 rings (SSSR count). The molecule has 0 aromatic heterocycles. The van der Waals surface area contributed by atoms with Crippen LogP contribution in [0.15, 0.2) is 24.3 Å². The molecule has 0 spiro atoms. The van der Waals surface area contributed by atoms with Crippen molar-refractivity contribution in [3.05, 3.63) is 29.8 Å². The quantitative estimate of drug-likeness (QED) is 0.765. The Labute approximate surface area is 102 Å². The lowest BCUT2D eigenvalue weighted by atomic mass is 10.2. The van der Waals surface area contributed by atoms with Gasteiger partial charge in [-0.25, -0.2) is 0 Å². The highest BCUT2D eigenvalue weighted by atomic mass is 16.5. The average molecular weight is 237 g/mol. The molecule has 0 aliphatic rings. The highest BCUT2D eigenvalue weighted by Crippen LogP contribution is 2.12. The van der Waals surface area contributed by atoms with Gasteiger partial charge in [0.25, 0.3) is 0 Å². The maximum atomic E-state index is 11.4. The summed E-state index contributed by atoms with van der Waals surface area (Å²) >= 11 is 0. The lowest BCUT2D eigenvalue weighted by Gasteiger charge is -2.14. The largest absolute Gasteiger partial charge is 0.497 e. The van der Waals surface area contributed by atoms with Gasteiger partial charge in [0.2, 0.25) is 0 Å². The van der Waals surface area contributed by atoms with Crippen LogP contribution in [0, 0.1) is 0 Å². The highest BCUT2D eigenvalue weighted by molar-refractivity contribution is 5.75. The third kappa shape index (κ3) is 4.07. The van der Waals surface area contributed by atoms with E-state index >= 15 is 0 Å². The fourth-order valence-corrected chi connectivity index (χ4v) is 1.56. The number of hydrogen-bond acceptors (Lipinski definition) is 4. The van der Waals surface area contributed by atoms with Crippen LogP contribution < -0.4 is 10.1 Å². The summed E-state index contributed by atoms with van der Waals surface area (Å²) in [5.41, 5.74) is 1.08. The molecule has 0 amide bonds. The van der Waals surface area contributed by atoms with Gasteiger partial charge in [-0.3, -0.25) is 4.79 Å². The summed E-state index contributed by atoms with van der Waals surface area (Å²) in [6.07, 6.45) is 0.705. The number of rotatable bonds is 6. The van der Waals surface area contributed by atoms with Crippen molar-refractivity contribution in [3.8, 4) is 5.75 Å². The van der Waals surface area contributed by atoms with Crippen LogP contribution in [-0.2, 0) is 16.1 Å². The van der Waals surface area contributed by atoms with Gasteiger partial charge in [-0.1, -0.05) is 19.1 Å². The van der Waals surface area contributed by atoms with Crippen LogP contribution in [-0.4, -0.2) is 26.2 Å². The van der Waals surface area contributed by atoms with E-state index in [0.717, 1.165) is 11.3 Å². The van der Waals surface area contributed by atoms with E-state index in [9.17, 15) is 4.79 Å². The fourth-order valence-electron chi connectivity index (χ4n) is 1.56. The molecule has 1 N–H and O–H groups in total. The summed E-state index contributed by atoms with van der Waals surface area (Å²) in [6.45, 7) is 2.56. The van der Waals surface area contributed by atoms with Gasteiger partial charge in [-0.2, -0.15) is 0 Å². The minimum Gasteiger partial charge on any atom is -0.497 e. The third-order valence-electron chi connectivity index (χ3n) is 2.58. The maximum Gasteiger partial charge on any atom is 0.322 e. The zero-order chi connectivity index (χ0) is 12.7.